The van der Waals surface area contributed by atoms with Crippen molar-refractivity contribution < 1.29 is 23.3 Å². The molecule has 0 N–H and O–H groups in total. The molecule has 0 radical (unpaired) electrons. The van der Waals surface area contributed by atoms with Gasteiger partial charge in [0, 0.05) is 12.7 Å². The third-order valence-electron chi connectivity index (χ3n) is 3.31. The van der Waals surface area contributed by atoms with Crippen LogP contribution in [0.5, 0.6) is 11.5 Å². The van der Waals surface area contributed by atoms with E-state index in [2.05, 4.69) is 0 Å². The largest absolute Gasteiger partial charge is 0.484 e. The predicted molar refractivity (Wildman–Crippen MR) is 85.5 cm³/mol. The van der Waals surface area contributed by atoms with Crippen LogP contribution in [-0.2, 0) is 15.9 Å². The van der Waals surface area contributed by atoms with Gasteiger partial charge in [-0.25, -0.2) is 4.39 Å². The lowest BCUT2D eigenvalue weighted by molar-refractivity contribution is -0.00925. The smallest absolute Gasteiger partial charge is 0.189 e. The van der Waals surface area contributed by atoms with Crippen LogP contribution >= 0.6 is 22.6 Å². The average Bonchev–Trinajstić information content (AvgIpc) is 2.44. The van der Waals surface area contributed by atoms with E-state index >= 15 is 0 Å². The molecule has 0 aliphatic carbocycles. The number of benzene rings is 1. The highest BCUT2D eigenvalue weighted by molar-refractivity contribution is 14.1. The lowest BCUT2D eigenvalue weighted by atomic mass is 9.94. The maximum Gasteiger partial charge on any atom is 0.189 e. The van der Waals surface area contributed by atoms with E-state index in [1.54, 1.807) is 7.11 Å². The van der Waals surface area contributed by atoms with Gasteiger partial charge >= 0.3 is 0 Å². The van der Waals surface area contributed by atoms with E-state index in [9.17, 15) is 4.39 Å². The van der Waals surface area contributed by atoms with Gasteiger partial charge in [0.2, 0.25) is 0 Å². The molecule has 0 atom stereocenters. The van der Waals surface area contributed by atoms with Crippen LogP contribution in [0.2, 0.25) is 0 Å². The number of ether oxygens (including phenoxy) is 4. The minimum atomic E-state index is -0.354. The van der Waals surface area contributed by atoms with Gasteiger partial charge < -0.3 is 18.9 Å². The molecule has 1 heterocycles. The van der Waals surface area contributed by atoms with Gasteiger partial charge in [0.15, 0.2) is 18.4 Å². The van der Waals surface area contributed by atoms with E-state index in [0.29, 0.717) is 28.3 Å². The van der Waals surface area contributed by atoms with Crippen LogP contribution in [0, 0.1) is 9.39 Å². The zero-order valence-electron chi connectivity index (χ0n) is 12.5. The second-order valence-corrected chi connectivity index (χ2v) is 6.59. The topological polar surface area (TPSA) is 36.9 Å². The third kappa shape index (κ3) is 4.20. The fourth-order valence-corrected chi connectivity index (χ4v) is 2.66. The second-order valence-electron chi connectivity index (χ2n) is 5.52. The number of hydrogen-bond acceptors (Lipinski definition) is 4. The molecular weight excluding hydrogens is 390 g/mol. The average molecular weight is 410 g/mol. The quantitative estimate of drug-likeness (QED) is 0.409. The molecule has 0 bridgehead atoms. The molecule has 1 aliphatic heterocycles. The van der Waals surface area contributed by atoms with E-state index in [1.165, 1.54) is 0 Å². The Morgan fingerprint density at radius 1 is 1.38 bits per heavy atom. The lowest BCUT2D eigenvalue weighted by Gasteiger charge is -2.33. The Morgan fingerprint density at radius 2 is 2.14 bits per heavy atom. The zero-order chi connectivity index (χ0) is 15.5. The van der Waals surface area contributed by atoms with Gasteiger partial charge in [-0.05, 0) is 55.3 Å². The normalized spacial score (nSPS) is 16.2. The van der Waals surface area contributed by atoms with Gasteiger partial charge in [-0.3, -0.25) is 0 Å². The van der Waals surface area contributed by atoms with Crippen molar-refractivity contribution in [3.63, 3.8) is 0 Å². The van der Waals surface area contributed by atoms with Gasteiger partial charge in [-0.1, -0.05) is 0 Å². The van der Waals surface area contributed by atoms with Crippen LogP contribution in [-0.4, -0.2) is 32.7 Å². The van der Waals surface area contributed by atoms with E-state index in [-0.39, 0.29) is 18.2 Å². The van der Waals surface area contributed by atoms with Gasteiger partial charge in [0.05, 0.1) is 16.8 Å². The Bertz CT molecular complexity index is 505. The summed E-state index contributed by atoms with van der Waals surface area (Å²) in [4.78, 5) is 0. The molecule has 0 spiro atoms. The molecule has 6 heteroatoms. The van der Waals surface area contributed by atoms with Crippen LogP contribution in [0.4, 0.5) is 4.39 Å². The van der Waals surface area contributed by atoms with Crippen molar-refractivity contribution >= 4 is 22.6 Å². The summed E-state index contributed by atoms with van der Waals surface area (Å²) in [5.41, 5.74) is 0.516. The van der Waals surface area contributed by atoms with Gasteiger partial charge in [0.1, 0.15) is 11.4 Å². The minimum Gasteiger partial charge on any atom is -0.484 e. The van der Waals surface area contributed by atoms with Crippen molar-refractivity contribution in [2.75, 3.05) is 27.1 Å². The molecule has 1 aromatic carbocycles. The lowest BCUT2D eigenvalue weighted by Crippen LogP contribution is -2.33. The van der Waals surface area contributed by atoms with Crippen molar-refractivity contribution in [1.82, 2.24) is 0 Å². The molecule has 21 heavy (non-hydrogen) atoms. The Morgan fingerprint density at radius 3 is 2.86 bits per heavy atom. The number of rotatable bonds is 6. The number of halogens is 2. The molecule has 0 aromatic heterocycles. The number of aryl methyl sites for hydroxylation is 1. The van der Waals surface area contributed by atoms with Crippen LogP contribution in [0.1, 0.15) is 25.8 Å². The van der Waals surface area contributed by atoms with Crippen molar-refractivity contribution in [1.29, 1.82) is 0 Å². The first-order valence-corrected chi connectivity index (χ1v) is 7.92. The molecule has 0 unspecified atom stereocenters. The maximum atomic E-state index is 14.4. The molecule has 0 saturated carbocycles. The summed E-state index contributed by atoms with van der Waals surface area (Å²) in [6.45, 7) is 4.95. The molecule has 118 valence electrons. The maximum absolute atomic E-state index is 14.4. The molecule has 0 fully saturated rings. The number of hydrogen-bond donors (Lipinski definition) is 0. The first kappa shape index (κ1) is 16.8. The Hall–Kier alpha value is -0.600. The first-order chi connectivity index (χ1) is 9.94. The summed E-state index contributed by atoms with van der Waals surface area (Å²) < 4.78 is 36.2. The summed E-state index contributed by atoms with van der Waals surface area (Å²) >= 11 is 1.93. The molecular formula is C15H20FIO4. The Kier molecular flexibility index (Phi) is 5.67. The number of methoxy groups -OCH3 is 1. The SMILES string of the molecule is COCCOCOc1cc2c(c(F)c1I)OC(C)(C)CC2. The summed E-state index contributed by atoms with van der Waals surface area (Å²) in [5, 5.41) is 0. The summed E-state index contributed by atoms with van der Waals surface area (Å²) in [5.74, 6) is 0.489. The van der Waals surface area contributed by atoms with Crippen molar-refractivity contribution in [3.8, 4) is 11.5 Å². The van der Waals surface area contributed by atoms with Crippen molar-refractivity contribution in [3.05, 3.63) is 21.0 Å². The van der Waals surface area contributed by atoms with Gasteiger partial charge in [0.25, 0.3) is 0 Å². The number of fused-ring (bicyclic) bond motifs is 1. The zero-order valence-corrected chi connectivity index (χ0v) is 14.7. The van der Waals surface area contributed by atoms with Crippen LogP contribution < -0.4 is 9.47 Å². The second kappa shape index (κ2) is 7.11. The van der Waals surface area contributed by atoms with Gasteiger partial charge in [-0.2, -0.15) is 0 Å². The monoisotopic (exact) mass is 410 g/mol. The van der Waals surface area contributed by atoms with Gasteiger partial charge in [-0.15, -0.1) is 0 Å². The van der Waals surface area contributed by atoms with Crippen LogP contribution in [0.3, 0.4) is 0 Å². The Labute approximate surface area is 138 Å². The Balaban J connectivity index is 2.09. The van der Waals surface area contributed by atoms with Crippen molar-refractivity contribution in [2.24, 2.45) is 0 Å². The molecule has 1 aliphatic rings. The minimum absolute atomic E-state index is 0.0734. The first-order valence-electron chi connectivity index (χ1n) is 6.84. The fraction of sp³-hybridized carbons (Fsp3) is 0.600. The standard InChI is InChI=1S/C15H20FIO4/c1-15(2)5-4-10-8-11(20-9-19-7-6-18-3)13(17)12(16)14(10)21-15/h8H,4-7,9H2,1-3H3. The highest BCUT2D eigenvalue weighted by Gasteiger charge is 2.31. The van der Waals surface area contributed by atoms with E-state index in [1.807, 2.05) is 42.5 Å². The van der Waals surface area contributed by atoms with E-state index in [0.717, 1.165) is 18.4 Å². The fourth-order valence-electron chi connectivity index (χ4n) is 2.11. The summed E-state index contributed by atoms with van der Waals surface area (Å²) in [7, 11) is 1.60. The van der Waals surface area contributed by atoms with Crippen LogP contribution in [0.15, 0.2) is 6.07 Å². The highest BCUT2D eigenvalue weighted by atomic mass is 127. The molecule has 0 saturated heterocycles. The molecule has 4 nitrogen and oxygen atoms in total. The molecule has 2 rings (SSSR count). The summed E-state index contributed by atoms with van der Waals surface area (Å²) in [6, 6.07) is 1.84. The molecule has 1 aromatic rings. The van der Waals surface area contributed by atoms with Crippen LogP contribution in [0.25, 0.3) is 0 Å². The predicted octanol–water partition coefficient (Wildman–Crippen LogP) is 3.53. The highest BCUT2D eigenvalue weighted by Crippen LogP contribution is 2.40. The molecule has 0 amide bonds. The van der Waals surface area contributed by atoms with E-state index in [4.69, 9.17) is 18.9 Å². The van der Waals surface area contributed by atoms with Crippen molar-refractivity contribution in [2.45, 2.75) is 32.3 Å². The summed E-state index contributed by atoms with van der Waals surface area (Å²) in [6.07, 6.45) is 1.63. The van der Waals surface area contributed by atoms with E-state index < -0.39 is 0 Å². The third-order valence-corrected chi connectivity index (χ3v) is 4.31.